The van der Waals surface area contributed by atoms with Gasteiger partial charge in [0.05, 0.1) is 31.9 Å². The highest BCUT2D eigenvalue weighted by Gasteiger charge is 2.24. The lowest BCUT2D eigenvalue weighted by atomic mass is 10.2. The number of nitrogens with one attached hydrogen (secondary N) is 1. The van der Waals surface area contributed by atoms with E-state index in [0.717, 1.165) is 35.2 Å². The molecule has 0 aliphatic carbocycles. The summed E-state index contributed by atoms with van der Waals surface area (Å²) in [6.45, 7) is 0.584. The third-order valence-corrected chi connectivity index (χ3v) is 4.64. The van der Waals surface area contributed by atoms with Gasteiger partial charge in [0.25, 0.3) is 5.91 Å². The molecule has 0 spiro atoms. The second-order valence-corrected chi connectivity index (χ2v) is 6.86. The molecule has 27 heavy (non-hydrogen) atoms. The summed E-state index contributed by atoms with van der Waals surface area (Å²) in [4.78, 5) is 23.1. The van der Waals surface area contributed by atoms with Gasteiger partial charge in [-0.05, 0) is 41.9 Å². The Labute approximate surface area is 169 Å². The molecule has 10 heteroatoms. The number of carbonyl (C=O) groups excluding carboxylic acids is 2. The maximum absolute atomic E-state index is 11.7. The van der Waals surface area contributed by atoms with E-state index >= 15 is 0 Å². The van der Waals surface area contributed by atoms with Gasteiger partial charge in [0, 0.05) is 11.4 Å². The number of carbonyl (C=O) groups is 2. The molecule has 0 atom stereocenters. The van der Waals surface area contributed by atoms with Crippen molar-refractivity contribution >= 4 is 51.0 Å². The lowest BCUT2D eigenvalue weighted by Crippen LogP contribution is -2.19. The molecule has 1 N–H and O–H groups in total. The Morgan fingerprint density at radius 2 is 2.15 bits per heavy atom. The van der Waals surface area contributed by atoms with E-state index in [1.165, 1.54) is 13.3 Å². The number of halogens is 1. The van der Waals surface area contributed by atoms with Crippen molar-refractivity contribution in [1.29, 1.82) is 0 Å². The molecule has 1 amide bonds. The van der Waals surface area contributed by atoms with Gasteiger partial charge in [0.2, 0.25) is 0 Å². The van der Waals surface area contributed by atoms with Crippen LogP contribution in [0.4, 0.5) is 0 Å². The van der Waals surface area contributed by atoms with Gasteiger partial charge in [0.15, 0.2) is 16.7 Å². The van der Waals surface area contributed by atoms with E-state index in [1.54, 1.807) is 19.2 Å². The predicted octanol–water partition coefficient (Wildman–Crippen LogP) is 2.47. The van der Waals surface area contributed by atoms with Crippen molar-refractivity contribution in [2.24, 2.45) is 10.2 Å². The number of thioether (sulfide) groups is 1. The third-order valence-electron chi connectivity index (χ3n) is 3.18. The SMILES string of the molecule is COC(=O)/C=C1/S/C(=N\N=Cc2ccc(OCCCBr)c(OC)c2)NC1=O. The first-order valence-corrected chi connectivity index (χ1v) is 9.78. The molecular formula is C17H18BrN3O5S. The summed E-state index contributed by atoms with van der Waals surface area (Å²) in [6.07, 6.45) is 3.51. The topological polar surface area (TPSA) is 98.6 Å². The summed E-state index contributed by atoms with van der Waals surface area (Å²) in [7, 11) is 2.80. The van der Waals surface area contributed by atoms with Crippen LogP contribution in [-0.2, 0) is 14.3 Å². The van der Waals surface area contributed by atoms with E-state index < -0.39 is 11.9 Å². The Balaban J connectivity index is 2.03. The Hall–Kier alpha value is -2.33. The molecule has 1 saturated heterocycles. The molecule has 1 fully saturated rings. The number of amidine groups is 1. The molecule has 0 aromatic heterocycles. The molecule has 144 valence electrons. The summed E-state index contributed by atoms with van der Waals surface area (Å²) in [5.41, 5.74) is 0.753. The van der Waals surface area contributed by atoms with Gasteiger partial charge in [-0.3, -0.25) is 10.1 Å². The largest absolute Gasteiger partial charge is 0.493 e. The maximum Gasteiger partial charge on any atom is 0.331 e. The smallest absolute Gasteiger partial charge is 0.331 e. The fraction of sp³-hybridized carbons (Fsp3) is 0.294. The average molecular weight is 456 g/mol. The minimum Gasteiger partial charge on any atom is -0.493 e. The highest BCUT2D eigenvalue weighted by molar-refractivity contribution is 9.09. The Morgan fingerprint density at radius 1 is 1.33 bits per heavy atom. The van der Waals surface area contributed by atoms with Crippen molar-refractivity contribution in [3.05, 3.63) is 34.7 Å². The summed E-state index contributed by atoms with van der Waals surface area (Å²) in [5, 5.41) is 11.5. The number of rotatable bonds is 8. The number of alkyl halides is 1. The Bertz CT molecular complexity index is 795. The summed E-state index contributed by atoms with van der Waals surface area (Å²) < 4.78 is 15.5. The van der Waals surface area contributed by atoms with Crippen LogP contribution in [0.2, 0.25) is 0 Å². The zero-order chi connectivity index (χ0) is 19.6. The van der Waals surface area contributed by atoms with Crippen molar-refractivity contribution in [1.82, 2.24) is 5.32 Å². The number of hydrogen-bond donors (Lipinski definition) is 1. The van der Waals surface area contributed by atoms with Gasteiger partial charge in [-0.2, -0.15) is 5.10 Å². The predicted molar refractivity (Wildman–Crippen MR) is 108 cm³/mol. The number of hydrogen-bond acceptors (Lipinski definition) is 8. The highest BCUT2D eigenvalue weighted by atomic mass is 79.9. The number of amides is 1. The van der Waals surface area contributed by atoms with Crippen LogP contribution in [0.1, 0.15) is 12.0 Å². The van der Waals surface area contributed by atoms with Gasteiger partial charge in [-0.1, -0.05) is 15.9 Å². The van der Waals surface area contributed by atoms with E-state index in [2.05, 4.69) is 36.2 Å². The van der Waals surface area contributed by atoms with Crippen molar-refractivity contribution in [3.8, 4) is 11.5 Å². The normalized spacial score (nSPS) is 16.8. The molecule has 0 saturated carbocycles. The Morgan fingerprint density at radius 3 is 2.85 bits per heavy atom. The molecule has 1 aromatic rings. The average Bonchev–Trinajstić information content (AvgIpc) is 3.01. The minimum absolute atomic E-state index is 0.197. The second-order valence-electron chi connectivity index (χ2n) is 5.04. The molecule has 0 unspecified atom stereocenters. The van der Waals surface area contributed by atoms with E-state index in [4.69, 9.17) is 9.47 Å². The van der Waals surface area contributed by atoms with Crippen LogP contribution in [-0.4, -0.2) is 49.4 Å². The van der Waals surface area contributed by atoms with Gasteiger partial charge in [-0.25, -0.2) is 4.79 Å². The lowest BCUT2D eigenvalue weighted by Gasteiger charge is -2.10. The van der Waals surface area contributed by atoms with Crippen molar-refractivity contribution < 1.29 is 23.8 Å². The van der Waals surface area contributed by atoms with Crippen molar-refractivity contribution in [3.63, 3.8) is 0 Å². The number of esters is 1. The molecule has 1 aromatic carbocycles. The quantitative estimate of drug-likeness (QED) is 0.161. The van der Waals surface area contributed by atoms with E-state index in [1.807, 2.05) is 6.07 Å². The molecule has 1 heterocycles. The first kappa shape index (κ1) is 21.0. The van der Waals surface area contributed by atoms with Gasteiger partial charge >= 0.3 is 5.97 Å². The van der Waals surface area contributed by atoms with Gasteiger partial charge < -0.3 is 14.2 Å². The summed E-state index contributed by atoms with van der Waals surface area (Å²) in [6, 6.07) is 5.39. The van der Waals surface area contributed by atoms with E-state index in [9.17, 15) is 9.59 Å². The molecule has 2 rings (SSSR count). The highest BCUT2D eigenvalue weighted by Crippen LogP contribution is 2.28. The van der Waals surface area contributed by atoms with Crippen LogP contribution in [0.3, 0.4) is 0 Å². The van der Waals surface area contributed by atoms with Crippen LogP contribution < -0.4 is 14.8 Å². The third kappa shape index (κ3) is 6.40. The maximum atomic E-state index is 11.7. The Kier molecular flexibility index (Phi) is 8.34. The second kappa shape index (κ2) is 10.7. The number of ether oxygens (including phenoxy) is 3. The number of nitrogens with zero attached hydrogens (tertiary/aromatic N) is 2. The lowest BCUT2D eigenvalue weighted by molar-refractivity contribution is -0.135. The van der Waals surface area contributed by atoms with Crippen LogP contribution in [0, 0.1) is 0 Å². The monoisotopic (exact) mass is 455 g/mol. The van der Waals surface area contributed by atoms with E-state index in [0.29, 0.717) is 18.1 Å². The molecule has 0 bridgehead atoms. The zero-order valence-corrected chi connectivity index (χ0v) is 17.1. The summed E-state index contributed by atoms with van der Waals surface area (Å²) >= 11 is 4.36. The van der Waals surface area contributed by atoms with Crippen LogP contribution in [0.5, 0.6) is 11.5 Å². The first-order chi connectivity index (χ1) is 13.1. The summed E-state index contributed by atoms with van der Waals surface area (Å²) in [5.74, 6) is 0.208. The van der Waals surface area contributed by atoms with Crippen LogP contribution in [0.15, 0.2) is 39.4 Å². The van der Waals surface area contributed by atoms with Crippen molar-refractivity contribution in [2.45, 2.75) is 6.42 Å². The minimum atomic E-state index is -0.608. The van der Waals surface area contributed by atoms with Gasteiger partial charge in [0.1, 0.15) is 0 Å². The standard InChI is InChI=1S/C17H18BrN3O5S/c1-24-13-8-11(4-5-12(13)26-7-3-6-18)10-19-21-17-20-16(23)14(27-17)9-15(22)25-2/h4-5,8-10H,3,6-7H2,1-2H3,(H,20,21,23)/b14-9+,19-10?. The number of methoxy groups -OCH3 is 2. The fourth-order valence-electron chi connectivity index (χ4n) is 1.91. The van der Waals surface area contributed by atoms with Crippen LogP contribution in [0.25, 0.3) is 0 Å². The van der Waals surface area contributed by atoms with Gasteiger partial charge in [-0.15, -0.1) is 5.10 Å². The molecule has 8 nitrogen and oxygen atoms in total. The first-order valence-electron chi connectivity index (χ1n) is 7.84. The molecular weight excluding hydrogens is 438 g/mol. The van der Waals surface area contributed by atoms with Crippen LogP contribution >= 0.6 is 27.7 Å². The zero-order valence-electron chi connectivity index (χ0n) is 14.7. The molecule has 0 radical (unpaired) electrons. The molecule has 1 aliphatic heterocycles. The number of benzene rings is 1. The molecule has 1 aliphatic rings. The fourth-order valence-corrected chi connectivity index (χ4v) is 2.88. The van der Waals surface area contributed by atoms with E-state index in [-0.39, 0.29) is 10.1 Å². The van der Waals surface area contributed by atoms with Crippen molar-refractivity contribution in [2.75, 3.05) is 26.2 Å².